The second kappa shape index (κ2) is 7.09. The van der Waals surface area contributed by atoms with E-state index in [0.717, 1.165) is 30.9 Å². The third kappa shape index (κ3) is 6.96. The highest BCUT2D eigenvalue weighted by atomic mass is 32.2. The SMILES string of the molecule is CC(C)(C)OC(=O)NCCNC1CCS(=O)CC1. The highest BCUT2D eigenvalue weighted by molar-refractivity contribution is 7.85. The van der Waals surface area contributed by atoms with E-state index >= 15 is 0 Å². The molecule has 1 rings (SSSR count). The molecular weight excluding hydrogens is 252 g/mol. The van der Waals surface area contributed by atoms with Crippen molar-refractivity contribution in [1.82, 2.24) is 10.6 Å². The van der Waals surface area contributed by atoms with E-state index in [1.165, 1.54) is 0 Å². The number of ether oxygens (including phenoxy) is 1. The lowest BCUT2D eigenvalue weighted by Gasteiger charge is -2.23. The number of nitrogens with one attached hydrogen (secondary N) is 2. The molecule has 1 saturated heterocycles. The molecular formula is C12H24N2O3S. The molecule has 1 heterocycles. The fourth-order valence-corrected chi connectivity index (χ4v) is 3.05. The van der Waals surface area contributed by atoms with E-state index in [2.05, 4.69) is 10.6 Å². The molecule has 0 aromatic rings. The molecule has 1 fully saturated rings. The molecule has 1 aliphatic rings. The summed E-state index contributed by atoms with van der Waals surface area (Å²) in [6.07, 6.45) is 1.53. The zero-order valence-corrected chi connectivity index (χ0v) is 12.3. The van der Waals surface area contributed by atoms with Gasteiger partial charge >= 0.3 is 6.09 Å². The van der Waals surface area contributed by atoms with Gasteiger partial charge in [-0.2, -0.15) is 0 Å². The second-order valence-electron chi connectivity index (χ2n) is 5.51. The smallest absolute Gasteiger partial charge is 0.407 e. The average molecular weight is 276 g/mol. The van der Waals surface area contributed by atoms with Crippen LogP contribution >= 0.6 is 0 Å². The minimum absolute atomic E-state index is 0.381. The van der Waals surface area contributed by atoms with Gasteiger partial charge in [0.1, 0.15) is 5.60 Å². The van der Waals surface area contributed by atoms with E-state index in [9.17, 15) is 9.00 Å². The summed E-state index contributed by atoms with van der Waals surface area (Å²) in [5.74, 6) is 1.58. The largest absolute Gasteiger partial charge is 0.444 e. The molecule has 1 amide bonds. The van der Waals surface area contributed by atoms with E-state index < -0.39 is 16.4 Å². The predicted molar refractivity (Wildman–Crippen MR) is 73.1 cm³/mol. The van der Waals surface area contributed by atoms with Crippen LogP contribution in [0.15, 0.2) is 0 Å². The van der Waals surface area contributed by atoms with Crippen molar-refractivity contribution in [3.8, 4) is 0 Å². The van der Waals surface area contributed by atoms with E-state index in [4.69, 9.17) is 4.74 Å². The topological polar surface area (TPSA) is 67.4 Å². The Labute approximate surface area is 111 Å². The Morgan fingerprint density at radius 2 is 1.89 bits per heavy atom. The van der Waals surface area contributed by atoms with Crippen molar-refractivity contribution in [2.75, 3.05) is 24.6 Å². The first kappa shape index (κ1) is 15.4. The third-order valence-electron chi connectivity index (χ3n) is 2.61. The summed E-state index contributed by atoms with van der Waals surface area (Å²) in [5, 5.41) is 6.06. The van der Waals surface area contributed by atoms with Crippen molar-refractivity contribution < 1.29 is 13.7 Å². The summed E-state index contributed by atoms with van der Waals surface area (Å²) >= 11 is 0. The minimum Gasteiger partial charge on any atom is -0.444 e. The molecule has 0 unspecified atom stereocenters. The second-order valence-corrected chi connectivity index (χ2v) is 7.20. The van der Waals surface area contributed by atoms with Crippen LogP contribution in [0.4, 0.5) is 4.79 Å². The minimum atomic E-state index is -0.617. The molecule has 5 nitrogen and oxygen atoms in total. The molecule has 0 bridgehead atoms. The van der Waals surface area contributed by atoms with Gasteiger partial charge in [-0.25, -0.2) is 4.79 Å². The predicted octanol–water partition coefficient (Wildman–Crippen LogP) is 1.01. The molecule has 0 aromatic carbocycles. The van der Waals surface area contributed by atoms with Crippen LogP contribution < -0.4 is 10.6 Å². The lowest BCUT2D eigenvalue weighted by molar-refractivity contribution is 0.0528. The first-order valence-corrected chi connectivity index (χ1v) is 7.91. The average Bonchev–Trinajstić information content (AvgIpc) is 2.24. The van der Waals surface area contributed by atoms with Gasteiger partial charge in [0.15, 0.2) is 0 Å². The Kier molecular flexibility index (Phi) is 6.08. The summed E-state index contributed by atoms with van der Waals surface area (Å²) < 4.78 is 16.3. The van der Waals surface area contributed by atoms with Gasteiger partial charge in [-0.3, -0.25) is 4.21 Å². The molecule has 0 atom stereocenters. The maximum Gasteiger partial charge on any atom is 0.407 e. The molecule has 2 N–H and O–H groups in total. The number of alkyl carbamates (subject to hydrolysis) is 1. The van der Waals surface area contributed by atoms with Crippen LogP contribution in [0.1, 0.15) is 33.6 Å². The van der Waals surface area contributed by atoms with Gasteiger partial charge in [-0.15, -0.1) is 0 Å². The van der Waals surface area contributed by atoms with Gasteiger partial charge in [0.25, 0.3) is 0 Å². The Morgan fingerprint density at radius 1 is 1.28 bits per heavy atom. The number of hydrogen-bond acceptors (Lipinski definition) is 4. The Balaban J connectivity index is 2.05. The number of carbonyl (C=O) groups excluding carboxylic acids is 1. The van der Waals surface area contributed by atoms with Gasteiger partial charge in [-0.05, 0) is 33.6 Å². The number of hydrogen-bond donors (Lipinski definition) is 2. The number of amides is 1. The quantitative estimate of drug-likeness (QED) is 0.752. The fourth-order valence-electron chi connectivity index (χ4n) is 1.75. The fraction of sp³-hybridized carbons (Fsp3) is 0.917. The lowest BCUT2D eigenvalue weighted by atomic mass is 10.1. The van der Waals surface area contributed by atoms with Crippen molar-refractivity contribution >= 4 is 16.9 Å². The molecule has 0 aromatic heterocycles. The lowest BCUT2D eigenvalue weighted by Crippen LogP contribution is -2.41. The van der Waals surface area contributed by atoms with Crippen LogP contribution in [0.3, 0.4) is 0 Å². The molecule has 106 valence electrons. The number of rotatable bonds is 4. The van der Waals surface area contributed by atoms with Crippen LogP contribution in [0.2, 0.25) is 0 Å². The van der Waals surface area contributed by atoms with E-state index in [0.29, 0.717) is 12.6 Å². The standard InChI is InChI=1S/C12H24N2O3S/c1-12(2,3)17-11(15)14-7-6-13-10-4-8-18(16)9-5-10/h10,13H,4-9H2,1-3H3,(H,14,15). The van der Waals surface area contributed by atoms with Crippen LogP contribution in [0, 0.1) is 0 Å². The summed E-state index contributed by atoms with van der Waals surface area (Å²) in [4.78, 5) is 11.4. The summed E-state index contributed by atoms with van der Waals surface area (Å²) in [6, 6.07) is 0.433. The first-order valence-electron chi connectivity index (χ1n) is 6.42. The third-order valence-corrected chi connectivity index (χ3v) is 4.00. The molecule has 1 aliphatic heterocycles. The van der Waals surface area contributed by atoms with Gasteiger partial charge < -0.3 is 15.4 Å². The first-order chi connectivity index (χ1) is 8.37. The normalized spacial score (nSPS) is 24.6. The van der Waals surface area contributed by atoms with Crippen LogP contribution in [-0.2, 0) is 15.5 Å². The Morgan fingerprint density at radius 3 is 2.44 bits per heavy atom. The molecule has 18 heavy (non-hydrogen) atoms. The Hall–Kier alpha value is -0.620. The molecule has 0 spiro atoms. The highest BCUT2D eigenvalue weighted by Gasteiger charge is 2.17. The zero-order valence-electron chi connectivity index (χ0n) is 11.5. The van der Waals surface area contributed by atoms with Gasteiger partial charge in [0.2, 0.25) is 0 Å². The molecule has 0 radical (unpaired) electrons. The van der Waals surface area contributed by atoms with E-state index in [-0.39, 0.29) is 6.09 Å². The van der Waals surface area contributed by atoms with Gasteiger partial charge in [0, 0.05) is 41.4 Å². The van der Waals surface area contributed by atoms with Crippen molar-refractivity contribution in [2.45, 2.75) is 45.3 Å². The summed E-state index contributed by atoms with van der Waals surface area (Å²) in [5.41, 5.74) is -0.453. The molecule has 0 aliphatic carbocycles. The van der Waals surface area contributed by atoms with Crippen LogP contribution in [0.25, 0.3) is 0 Å². The highest BCUT2D eigenvalue weighted by Crippen LogP contribution is 2.08. The number of carbonyl (C=O) groups is 1. The Bertz CT molecular complexity index is 292. The maximum absolute atomic E-state index is 11.4. The van der Waals surface area contributed by atoms with E-state index in [1.807, 2.05) is 20.8 Å². The summed E-state index contributed by atoms with van der Waals surface area (Å²) in [6.45, 7) is 6.79. The van der Waals surface area contributed by atoms with E-state index in [1.54, 1.807) is 0 Å². The van der Waals surface area contributed by atoms with Crippen LogP contribution in [-0.4, -0.2) is 46.5 Å². The van der Waals surface area contributed by atoms with Gasteiger partial charge in [0.05, 0.1) is 0 Å². The van der Waals surface area contributed by atoms with Crippen molar-refractivity contribution in [3.63, 3.8) is 0 Å². The summed E-state index contributed by atoms with van der Waals surface area (Å²) in [7, 11) is -0.617. The molecule has 6 heteroatoms. The maximum atomic E-state index is 11.4. The van der Waals surface area contributed by atoms with Crippen LogP contribution in [0.5, 0.6) is 0 Å². The van der Waals surface area contributed by atoms with Crippen molar-refractivity contribution in [1.29, 1.82) is 0 Å². The van der Waals surface area contributed by atoms with Crippen molar-refractivity contribution in [2.24, 2.45) is 0 Å². The zero-order chi connectivity index (χ0) is 13.6. The molecule has 0 saturated carbocycles. The van der Waals surface area contributed by atoms with Crippen molar-refractivity contribution in [3.05, 3.63) is 0 Å². The van der Waals surface area contributed by atoms with Gasteiger partial charge in [-0.1, -0.05) is 0 Å². The monoisotopic (exact) mass is 276 g/mol.